The van der Waals surface area contributed by atoms with Gasteiger partial charge in [0, 0.05) is 13.1 Å². The fraction of sp³-hybridized carbons (Fsp3) is 0.409. The zero-order valence-corrected chi connectivity index (χ0v) is 16.5. The number of benzene rings is 2. The first kappa shape index (κ1) is 20.8. The Labute approximate surface area is 162 Å². The van der Waals surface area contributed by atoms with Crippen LogP contribution in [0.1, 0.15) is 37.3 Å². The van der Waals surface area contributed by atoms with Crippen LogP contribution in [0, 0.1) is 0 Å². The van der Waals surface area contributed by atoms with Gasteiger partial charge in [0.1, 0.15) is 11.5 Å². The molecule has 1 atom stereocenters. The number of unbranched alkanes of at least 4 members (excludes halogenated alkanes) is 1. The largest absolute Gasteiger partial charge is 0.497 e. The number of carbonyl (C=O) groups is 1. The second-order valence-corrected chi connectivity index (χ2v) is 6.64. The fourth-order valence-electron chi connectivity index (χ4n) is 2.90. The van der Waals surface area contributed by atoms with Crippen molar-refractivity contribution >= 4 is 5.91 Å². The van der Waals surface area contributed by atoms with E-state index in [4.69, 9.17) is 15.2 Å². The van der Waals surface area contributed by atoms with Crippen LogP contribution in [0.2, 0.25) is 0 Å². The minimum Gasteiger partial charge on any atom is -0.497 e. The van der Waals surface area contributed by atoms with Gasteiger partial charge in [-0.25, -0.2) is 0 Å². The van der Waals surface area contributed by atoms with Crippen molar-refractivity contribution < 1.29 is 14.3 Å². The lowest BCUT2D eigenvalue weighted by Gasteiger charge is -2.26. The molecule has 146 valence electrons. The average molecular weight is 370 g/mol. The molecule has 2 aromatic carbocycles. The van der Waals surface area contributed by atoms with Gasteiger partial charge in [0.15, 0.2) is 0 Å². The molecule has 0 heterocycles. The molecule has 2 rings (SSSR count). The molecule has 0 saturated carbocycles. The summed E-state index contributed by atoms with van der Waals surface area (Å²) in [5, 5.41) is 0. The molecular formula is C22H30N2O3. The first-order valence-corrected chi connectivity index (χ1v) is 9.37. The summed E-state index contributed by atoms with van der Waals surface area (Å²) in [5.41, 5.74) is 8.26. The Hall–Kier alpha value is -2.53. The predicted octanol–water partition coefficient (Wildman–Crippen LogP) is 3.75. The highest BCUT2D eigenvalue weighted by molar-refractivity contribution is 5.81. The summed E-state index contributed by atoms with van der Waals surface area (Å²) in [6, 6.07) is 15.1. The van der Waals surface area contributed by atoms with Crippen molar-refractivity contribution in [2.24, 2.45) is 5.73 Å². The maximum Gasteiger partial charge on any atom is 0.240 e. The third-order valence-electron chi connectivity index (χ3n) is 4.56. The first-order chi connectivity index (χ1) is 13.1. The average Bonchev–Trinajstić information content (AvgIpc) is 2.72. The van der Waals surface area contributed by atoms with Crippen LogP contribution in [-0.2, 0) is 17.9 Å². The summed E-state index contributed by atoms with van der Waals surface area (Å²) in [4.78, 5) is 14.8. The first-order valence-electron chi connectivity index (χ1n) is 9.37. The Morgan fingerprint density at radius 3 is 1.74 bits per heavy atom. The van der Waals surface area contributed by atoms with Gasteiger partial charge >= 0.3 is 0 Å². The molecule has 0 aliphatic rings. The number of hydrogen-bond donors (Lipinski definition) is 1. The van der Waals surface area contributed by atoms with Crippen molar-refractivity contribution in [1.29, 1.82) is 0 Å². The van der Waals surface area contributed by atoms with Crippen LogP contribution >= 0.6 is 0 Å². The quantitative estimate of drug-likeness (QED) is 0.692. The molecule has 0 aliphatic carbocycles. The molecule has 2 N–H and O–H groups in total. The predicted molar refractivity (Wildman–Crippen MR) is 108 cm³/mol. The van der Waals surface area contributed by atoms with Crippen LogP contribution < -0.4 is 15.2 Å². The molecule has 0 aromatic heterocycles. The highest BCUT2D eigenvalue weighted by Gasteiger charge is 2.21. The minimum atomic E-state index is -0.471. The van der Waals surface area contributed by atoms with Crippen molar-refractivity contribution in [3.05, 3.63) is 59.7 Å². The molecule has 0 aliphatic heterocycles. The number of ether oxygens (including phenoxy) is 2. The van der Waals surface area contributed by atoms with E-state index in [9.17, 15) is 4.79 Å². The number of rotatable bonds is 10. The summed E-state index contributed by atoms with van der Waals surface area (Å²) in [7, 11) is 3.28. The van der Waals surface area contributed by atoms with E-state index in [1.54, 1.807) is 14.2 Å². The van der Waals surface area contributed by atoms with Crippen LogP contribution in [0.5, 0.6) is 11.5 Å². The molecular weight excluding hydrogens is 340 g/mol. The standard InChI is InChI=1S/C22H30N2O3/c1-4-5-6-21(23)22(25)24(15-17-7-11-19(26-2)12-8-17)16-18-9-13-20(27-3)14-10-18/h7-14,21H,4-6,15-16,23H2,1-3H3. The van der Waals surface area contributed by atoms with Crippen molar-refractivity contribution in [3.63, 3.8) is 0 Å². The van der Waals surface area contributed by atoms with Gasteiger partial charge in [0.05, 0.1) is 20.3 Å². The second-order valence-electron chi connectivity index (χ2n) is 6.64. The summed E-state index contributed by atoms with van der Waals surface area (Å²) in [5.74, 6) is 1.58. The van der Waals surface area contributed by atoms with Gasteiger partial charge in [0.25, 0.3) is 0 Å². The molecule has 27 heavy (non-hydrogen) atoms. The summed E-state index contributed by atoms with van der Waals surface area (Å²) in [6.07, 6.45) is 2.68. The molecule has 1 unspecified atom stereocenters. The summed E-state index contributed by atoms with van der Waals surface area (Å²) in [6.45, 7) is 3.12. The van der Waals surface area contributed by atoms with E-state index in [1.165, 1.54) is 0 Å². The van der Waals surface area contributed by atoms with Crippen LogP contribution in [0.4, 0.5) is 0 Å². The van der Waals surface area contributed by atoms with Crippen LogP contribution in [0.3, 0.4) is 0 Å². The number of amides is 1. The summed E-state index contributed by atoms with van der Waals surface area (Å²) < 4.78 is 10.4. The fourth-order valence-corrected chi connectivity index (χ4v) is 2.90. The highest BCUT2D eigenvalue weighted by Crippen LogP contribution is 2.18. The number of nitrogens with zero attached hydrogens (tertiary/aromatic N) is 1. The van der Waals surface area contributed by atoms with Gasteiger partial charge in [-0.15, -0.1) is 0 Å². The SMILES string of the molecule is CCCCC(N)C(=O)N(Cc1ccc(OC)cc1)Cc1ccc(OC)cc1. The Bertz CT molecular complexity index is 649. The van der Waals surface area contributed by atoms with Crippen LogP contribution in [-0.4, -0.2) is 31.1 Å². The lowest BCUT2D eigenvalue weighted by Crippen LogP contribution is -2.43. The number of carbonyl (C=O) groups excluding carboxylic acids is 1. The van der Waals surface area contributed by atoms with Gasteiger partial charge in [-0.2, -0.15) is 0 Å². The molecule has 0 spiro atoms. The smallest absolute Gasteiger partial charge is 0.240 e. The number of hydrogen-bond acceptors (Lipinski definition) is 4. The third-order valence-corrected chi connectivity index (χ3v) is 4.56. The Morgan fingerprint density at radius 1 is 0.926 bits per heavy atom. The normalized spacial score (nSPS) is 11.7. The molecule has 5 nitrogen and oxygen atoms in total. The molecule has 5 heteroatoms. The van der Waals surface area contributed by atoms with E-state index in [2.05, 4.69) is 6.92 Å². The summed E-state index contributed by atoms with van der Waals surface area (Å²) >= 11 is 0. The van der Waals surface area contributed by atoms with E-state index in [1.807, 2.05) is 53.4 Å². The van der Waals surface area contributed by atoms with E-state index < -0.39 is 6.04 Å². The van der Waals surface area contributed by atoms with Gasteiger partial charge < -0.3 is 20.1 Å². The van der Waals surface area contributed by atoms with Gasteiger partial charge in [-0.3, -0.25) is 4.79 Å². The third kappa shape index (κ3) is 6.29. The van der Waals surface area contributed by atoms with Gasteiger partial charge in [-0.1, -0.05) is 44.0 Å². The van der Waals surface area contributed by atoms with E-state index in [0.29, 0.717) is 19.5 Å². The monoisotopic (exact) mass is 370 g/mol. The van der Waals surface area contributed by atoms with Gasteiger partial charge in [-0.05, 0) is 41.8 Å². The van der Waals surface area contributed by atoms with Crippen LogP contribution in [0.15, 0.2) is 48.5 Å². The Balaban J connectivity index is 2.16. The van der Waals surface area contributed by atoms with Crippen LogP contribution in [0.25, 0.3) is 0 Å². The van der Waals surface area contributed by atoms with Crippen molar-refractivity contribution in [2.45, 2.75) is 45.3 Å². The molecule has 0 saturated heterocycles. The maximum atomic E-state index is 13.0. The van der Waals surface area contributed by atoms with E-state index in [0.717, 1.165) is 35.5 Å². The van der Waals surface area contributed by atoms with Gasteiger partial charge in [0.2, 0.25) is 5.91 Å². The number of nitrogens with two attached hydrogens (primary N) is 1. The van der Waals surface area contributed by atoms with Crippen molar-refractivity contribution in [3.8, 4) is 11.5 Å². The second kappa shape index (κ2) is 10.6. The number of methoxy groups -OCH3 is 2. The van der Waals surface area contributed by atoms with E-state index in [-0.39, 0.29) is 5.91 Å². The lowest BCUT2D eigenvalue weighted by atomic mass is 10.1. The topological polar surface area (TPSA) is 64.8 Å². The minimum absolute atomic E-state index is 0.0184. The highest BCUT2D eigenvalue weighted by atomic mass is 16.5. The maximum absolute atomic E-state index is 13.0. The Kier molecular flexibility index (Phi) is 8.14. The molecule has 0 radical (unpaired) electrons. The molecule has 2 aromatic rings. The van der Waals surface area contributed by atoms with Crippen molar-refractivity contribution in [2.75, 3.05) is 14.2 Å². The van der Waals surface area contributed by atoms with E-state index >= 15 is 0 Å². The van der Waals surface area contributed by atoms with Crippen molar-refractivity contribution in [1.82, 2.24) is 4.90 Å². The molecule has 1 amide bonds. The molecule has 0 bridgehead atoms. The Morgan fingerprint density at radius 2 is 1.37 bits per heavy atom. The zero-order chi connectivity index (χ0) is 19.6. The zero-order valence-electron chi connectivity index (χ0n) is 16.5. The lowest BCUT2D eigenvalue weighted by molar-refractivity contribution is -0.134. The molecule has 0 fully saturated rings.